The summed E-state index contributed by atoms with van der Waals surface area (Å²) in [5.41, 5.74) is -0.389. The quantitative estimate of drug-likeness (QED) is 0.280. The Labute approximate surface area is 254 Å². The fourth-order valence-corrected chi connectivity index (χ4v) is 5.21. The number of carbonyl (C=O) groups excluding carboxylic acids is 5. The van der Waals surface area contributed by atoms with E-state index in [0.717, 1.165) is 51.0 Å². The zero-order valence-corrected chi connectivity index (χ0v) is 26.3. The fraction of sp³-hybridized carbons (Fsp3) is 0.677. The first kappa shape index (κ1) is 34.0. The molecule has 0 bridgehead atoms. The summed E-state index contributed by atoms with van der Waals surface area (Å²) in [4.78, 5) is 71.6. The smallest absolute Gasteiger partial charge is 0.289 e. The Morgan fingerprint density at radius 2 is 1.56 bits per heavy atom. The molecule has 2 heterocycles. The number of nitrogens with one attached hydrogen (secondary N) is 4. The molecule has 3 unspecified atom stereocenters. The number of anilines is 1. The molecule has 0 aromatic carbocycles. The molecule has 3 rings (SSSR count). The number of Topliss-reactive ketones (excluding diaryl/α,β-unsaturated/α-hetero) is 1. The normalized spacial score (nSPS) is 18.3. The van der Waals surface area contributed by atoms with E-state index in [0.29, 0.717) is 18.8 Å². The molecule has 3 atom stereocenters. The third kappa shape index (κ3) is 9.74. The Morgan fingerprint density at radius 1 is 0.907 bits per heavy atom. The molecule has 12 heteroatoms. The molecule has 4 N–H and O–H groups in total. The van der Waals surface area contributed by atoms with E-state index in [9.17, 15) is 24.0 Å². The Morgan fingerprint density at radius 3 is 2.12 bits per heavy atom. The molecule has 12 nitrogen and oxygen atoms in total. The first-order valence-electron chi connectivity index (χ1n) is 15.3. The number of amides is 4. The van der Waals surface area contributed by atoms with Crippen molar-refractivity contribution in [3.05, 3.63) is 23.9 Å². The zero-order chi connectivity index (χ0) is 31.7. The van der Waals surface area contributed by atoms with E-state index in [2.05, 4.69) is 31.2 Å². The van der Waals surface area contributed by atoms with Gasteiger partial charge in [-0.05, 0) is 43.2 Å². The summed E-state index contributed by atoms with van der Waals surface area (Å²) in [5, 5.41) is 10.9. The molecule has 1 aliphatic carbocycles. The second kappa shape index (κ2) is 15.3. The highest BCUT2D eigenvalue weighted by Gasteiger charge is 2.36. The van der Waals surface area contributed by atoms with Crippen molar-refractivity contribution < 1.29 is 28.7 Å². The average molecular weight is 601 g/mol. The number of ether oxygens (including phenoxy) is 1. The van der Waals surface area contributed by atoms with Crippen molar-refractivity contribution >= 4 is 35.2 Å². The molecule has 1 aromatic rings. The minimum Gasteiger partial charge on any atom is -0.378 e. The van der Waals surface area contributed by atoms with Gasteiger partial charge >= 0.3 is 0 Å². The van der Waals surface area contributed by atoms with Crippen LogP contribution in [0.1, 0.15) is 84.0 Å². The van der Waals surface area contributed by atoms with E-state index in [1.807, 2.05) is 0 Å². The van der Waals surface area contributed by atoms with Gasteiger partial charge in [0.1, 0.15) is 17.9 Å². The van der Waals surface area contributed by atoms with Crippen molar-refractivity contribution in [1.82, 2.24) is 26.3 Å². The van der Waals surface area contributed by atoms with E-state index in [1.165, 1.54) is 13.1 Å². The molecular formula is C31H48N6O6. The summed E-state index contributed by atoms with van der Waals surface area (Å²) < 4.78 is 5.37. The summed E-state index contributed by atoms with van der Waals surface area (Å²) >= 11 is 0. The molecule has 0 radical (unpaired) electrons. The zero-order valence-electron chi connectivity index (χ0n) is 26.3. The maximum atomic E-state index is 13.3. The van der Waals surface area contributed by atoms with Crippen LogP contribution in [0.25, 0.3) is 0 Å². The van der Waals surface area contributed by atoms with Crippen molar-refractivity contribution in [2.75, 3.05) is 31.2 Å². The monoisotopic (exact) mass is 600 g/mol. The minimum absolute atomic E-state index is 0.0324. The Bertz CT molecular complexity index is 1140. The lowest BCUT2D eigenvalue weighted by Gasteiger charge is -2.32. The van der Waals surface area contributed by atoms with Gasteiger partial charge in [0.25, 0.3) is 11.8 Å². The highest BCUT2D eigenvalue weighted by Crippen LogP contribution is 2.21. The number of nitrogens with zero attached hydrogens (tertiary/aromatic N) is 2. The first-order valence-corrected chi connectivity index (χ1v) is 15.3. The largest absolute Gasteiger partial charge is 0.378 e. The van der Waals surface area contributed by atoms with Gasteiger partial charge in [0, 0.05) is 25.3 Å². The second-order valence-corrected chi connectivity index (χ2v) is 12.9. The second-order valence-electron chi connectivity index (χ2n) is 12.9. The summed E-state index contributed by atoms with van der Waals surface area (Å²) in [5.74, 6) is -2.64. The molecule has 1 aromatic heterocycles. The summed E-state index contributed by atoms with van der Waals surface area (Å²) in [6, 6.07) is 0.350. The van der Waals surface area contributed by atoms with Gasteiger partial charge in [-0.3, -0.25) is 24.0 Å². The van der Waals surface area contributed by atoms with Crippen LogP contribution in [-0.2, 0) is 23.9 Å². The average Bonchev–Trinajstić information content (AvgIpc) is 2.98. The molecule has 1 aliphatic heterocycles. The topological polar surface area (TPSA) is 159 Å². The van der Waals surface area contributed by atoms with Crippen LogP contribution < -0.4 is 26.2 Å². The predicted octanol–water partition coefficient (Wildman–Crippen LogP) is 1.73. The first-order chi connectivity index (χ1) is 20.3. The predicted molar refractivity (Wildman–Crippen MR) is 162 cm³/mol. The van der Waals surface area contributed by atoms with Crippen LogP contribution in [0.15, 0.2) is 18.3 Å². The van der Waals surface area contributed by atoms with Crippen molar-refractivity contribution in [3.63, 3.8) is 0 Å². The van der Waals surface area contributed by atoms with E-state index in [-0.39, 0.29) is 12.0 Å². The highest BCUT2D eigenvalue weighted by molar-refractivity contribution is 6.38. The Kier molecular flexibility index (Phi) is 12.1. The van der Waals surface area contributed by atoms with E-state index in [1.54, 1.807) is 46.8 Å². The van der Waals surface area contributed by atoms with Gasteiger partial charge in [-0.1, -0.05) is 53.9 Å². The van der Waals surface area contributed by atoms with E-state index in [4.69, 9.17) is 4.74 Å². The third-order valence-corrected chi connectivity index (χ3v) is 7.91. The van der Waals surface area contributed by atoms with Crippen LogP contribution in [0, 0.1) is 11.3 Å². The van der Waals surface area contributed by atoms with Gasteiger partial charge < -0.3 is 30.9 Å². The Balaban J connectivity index is 1.60. The van der Waals surface area contributed by atoms with E-state index < -0.39 is 53.0 Å². The van der Waals surface area contributed by atoms with Crippen LogP contribution in [0.4, 0.5) is 5.82 Å². The minimum atomic E-state index is -1.04. The lowest BCUT2D eigenvalue weighted by Crippen LogP contribution is -2.59. The van der Waals surface area contributed by atoms with Crippen molar-refractivity contribution in [1.29, 1.82) is 0 Å². The van der Waals surface area contributed by atoms with Gasteiger partial charge in [0.15, 0.2) is 0 Å². The molecule has 2 aliphatic rings. The number of ketones is 1. The number of rotatable bonds is 11. The molecule has 238 valence electrons. The van der Waals surface area contributed by atoms with Crippen molar-refractivity contribution in [3.8, 4) is 0 Å². The van der Waals surface area contributed by atoms with Gasteiger partial charge in [-0.15, -0.1) is 0 Å². The molecule has 4 amide bonds. The van der Waals surface area contributed by atoms with Gasteiger partial charge in [-0.25, -0.2) is 4.98 Å². The van der Waals surface area contributed by atoms with Crippen LogP contribution in [0.5, 0.6) is 0 Å². The lowest BCUT2D eigenvalue weighted by atomic mass is 9.85. The number of aromatic nitrogens is 1. The molecule has 2 fully saturated rings. The SMILES string of the molecule is CC(NC(=O)C(NC(=O)c1ccc(N2CCOCC2)nc1)C(C)(C)C)C(=O)NC(C(=O)C(=O)NC1CCCCC1)C(C)C. The highest BCUT2D eigenvalue weighted by atomic mass is 16.5. The number of hydrogen-bond acceptors (Lipinski definition) is 8. The fourth-order valence-electron chi connectivity index (χ4n) is 5.21. The molecular weight excluding hydrogens is 552 g/mol. The van der Waals surface area contributed by atoms with Crippen LogP contribution in [-0.4, -0.2) is 84.9 Å². The number of morpholine rings is 1. The third-order valence-electron chi connectivity index (χ3n) is 7.91. The summed E-state index contributed by atoms with van der Waals surface area (Å²) in [7, 11) is 0. The Hall–Kier alpha value is -3.54. The molecule has 1 saturated carbocycles. The van der Waals surface area contributed by atoms with Gasteiger partial charge in [0.05, 0.1) is 24.8 Å². The number of pyridine rings is 1. The maximum Gasteiger partial charge on any atom is 0.289 e. The summed E-state index contributed by atoms with van der Waals surface area (Å²) in [6.45, 7) is 13.1. The van der Waals surface area contributed by atoms with E-state index >= 15 is 0 Å². The number of hydrogen-bond donors (Lipinski definition) is 4. The number of carbonyl (C=O) groups is 5. The summed E-state index contributed by atoms with van der Waals surface area (Å²) in [6.07, 6.45) is 6.28. The van der Waals surface area contributed by atoms with Gasteiger partial charge in [-0.2, -0.15) is 0 Å². The van der Waals surface area contributed by atoms with Crippen molar-refractivity contribution in [2.45, 2.75) is 97.8 Å². The van der Waals surface area contributed by atoms with Gasteiger partial charge in [0.2, 0.25) is 17.6 Å². The standard InChI is InChI=1S/C31H48N6O6/c1-19(2)24(25(38)29(41)34-22-10-8-7-9-11-22)35-27(39)20(3)33-30(42)26(31(4,5)6)36-28(40)21-12-13-23(32-18-21)37-14-16-43-17-15-37/h12-13,18-20,22,24,26H,7-11,14-17H2,1-6H3,(H,33,42)(H,34,41)(H,35,39)(H,36,40). The lowest BCUT2D eigenvalue weighted by molar-refractivity contribution is -0.141. The molecule has 43 heavy (non-hydrogen) atoms. The van der Waals surface area contributed by atoms with Crippen LogP contribution in [0.2, 0.25) is 0 Å². The maximum absolute atomic E-state index is 13.3. The van der Waals surface area contributed by atoms with Crippen LogP contribution >= 0.6 is 0 Å². The van der Waals surface area contributed by atoms with Crippen LogP contribution in [0.3, 0.4) is 0 Å². The molecule has 1 saturated heterocycles. The van der Waals surface area contributed by atoms with Crippen molar-refractivity contribution in [2.24, 2.45) is 11.3 Å². The molecule has 0 spiro atoms.